The van der Waals surface area contributed by atoms with Crippen molar-refractivity contribution >= 4 is 5.91 Å². The van der Waals surface area contributed by atoms with Crippen LogP contribution in [0.1, 0.15) is 59.1 Å². The van der Waals surface area contributed by atoms with Gasteiger partial charge in [0.15, 0.2) is 0 Å². The summed E-state index contributed by atoms with van der Waals surface area (Å²) in [6.45, 7) is 2.42. The number of amides is 1. The molecule has 1 aliphatic rings. The SMILES string of the molecule is Cc1nnc(-c2cc(C3CC3)n(-c3cccc(C(=O)NCCCCc4ccccc4)c3)n2)o1. The lowest BCUT2D eigenvalue weighted by atomic mass is 10.1. The quantitative estimate of drug-likeness (QED) is 0.375. The summed E-state index contributed by atoms with van der Waals surface area (Å²) in [5.74, 6) is 1.33. The lowest BCUT2D eigenvalue weighted by Crippen LogP contribution is -2.24. The third kappa shape index (κ3) is 5.03. The van der Waals surface area contributed by atoms with E-state index in [1.54, 1.807) is 6.92 Å². The number of hydrogen-bond donors (Lipinski definition) is 1. The zero-order chi connectivity index (χ0) is 22.6. The molecule has 1 fully saturated rings. The first-order chi connectivity index (χ1) is 16.2. The minimum Gasteiger partial charge on any atom is -0.420 e. The molecular formula is C26H27N5O2. The van der Waals surface area contributed by atoms with Crippen molar-refractivity contribution in [2.45, 2.75) is 44.9 Å². The molecule has 1 aliphatic carbocycles. The van der Waals surface area contributed by atoms with Gasteiger partial charge in [0.05, 0.1) is 5.69 Å². The zero-order valence-electron chi connectivity index (χ0n) is 18.7. The minimum absolute atomic E-state index is 0.0653. The van der Waals surface area contributed by atoms with Crippen LogP contribution in [0.5, 0.6) is 0 Å². The molecule has 7 heteroatoms. The topological polar surface area (TPSA) is 85.8 Å². The highest BCUT2D eigenvalue weighted by molar-refractivity contribution is 5.94. The summed E-state index contributed by atoms with van der Waals surface area (Å²) in [7, 11) is 0. The van der Waals surface area contributed by atoms with E-state index in [4.69, 9.17) is 9.52 Å². The zero-order valence-corrected chi connectivity index (χ0v) is 18.7. The molecule has 0 saturated heterocycles. The fourth-order valence-corrected chi connectivity index (χ4v) is 3.96. The van der Waals surface area contributed by atoms with E-state index in [9.17, 15) is 4.79 Å². The summed E-state index contributed by atoms with van der Waals surface area (Å²) in [4.78, 5) is 12.7. The van der Waals surface area contributed by atoms with Crippen LogP contribution < -0.4 is 5.32 Å². The molecule has 0 radical (unpaired) electrons. The average Bonchev–Trinajstić information content (AvgIpc) is 3.44. The number of carbonyl (C=O) groups is 1. The fraction of sp³-hybridized carbons (Fsp3) is 0.308. The van der Waals surface area contributed by atoms with Gasteiger partial charge in [-0.2, -0.15) is 5.10 Å². The van der Waals surface area contributed by atoms with Gasteiger partial charge in [0.2, 0.25) is 5.89 Å². The maximum absolute atomic E-state index is 12.7. The highest BCUT2D eigenvalue weighted by Gasteiger charge is 2.30. The van der Waals surface area contributed by atoms with Gasteiger partial charge < -0.3 is 9.73 Å². The molecule has 0 spiro atoms. The highest BCUT2D eigenvalue weighted by atomic mass is 16.4. The monoisotopic (exact) mass is 441 g/mol. The minimum atomic E-state index is -0.0653. The van der Waals surface area contributed by atoms with Crippen molar-refractivity contribution in [1.29, 1.82) is 0 Å². The Bertz CT molecular complexity index is 1240. The van der Waals surface area contributed by atoms with Gasteiger partial charge in [0, 0.05) is 30.6 Å². The van der Waals surface area contributed by atoms with Crippen molar-refractivity contribution in [2.75, 3.05) is 6.54 Å². The third-order valence-electron chi connectivity index (χ3n) is 5.85. The molecule has 33 heavy (non-hydrogen) atoms. The molecule has 1 amide bonds. The van der Waals surface area contributed by atoms with E-state index in [2.05, 4.69) is 39.8 Å². The number of aromatic nitrogens is 4. The number of nitrogens with zero attached hydrogens (tertiary/aromatic N) is 4. The Morgan fingerprint density at radius 2 is 1.91 bits per heavy atom. The van der Waals surface area contributed by atoms with E-state index in [-0.39, 0.29) is 5.91 Å². The molecule has 1 saturated carbocycles. The van der Waals surface area contributed by atoms with Crippen molar-refractivity contribution in [1.82, 2.24) is 25.3 Å². The maximum atomic E-state index is 12.7. The van der Waals surface area contributed by atoms with Gasteiger partial charge in [-0.25, -0.2) is 4.68 Å². The van der Waals surface area contributed by atoms with Crippen molar-refractivity contribution in [3.63, 3.8) is 0 Å². The number of rotatable bonds is 9. The molecule has 2 aromatic heterocycles. The van der Waals surface area contributed by atoms with Gasteiger partial charge in [-0.05, 0) is 61.9 Å². The van der Waals surface area contributed by atoms with Crippen LogP contribution in [0.25, 0.3) is 17.3 Å². The summed E-state index contributed by atoms with van der Waals surface area (Å²) < 4.78 is 7.47. The molecule has 1 N–H and O–H groups in total. The number of carbonyl (C=O) groups excluding carboxylic acids is 1. The van der Waals surface area contributed by atoms with E-state index in [0.717, 1.165) is 43.5 Å². The van der Waals surface area contributed by atoms with Crippen molar-refractivity contribution in [3.05, 3.63) is 83.4 Å². The van der Waals surface area contributed by atoms with Crippen LogP contribution in [-0.2, 0) is 6.42 Å². The Kier molecular flexibility index (Phi) is 6.02. The standard InChI is InChI=1S/C26H27N5O2/c1-18-28-29-26(33-18)23-17-24(20-13-14-20)31(30-23)22-12-7-11-21(16-22)25(32)27-15-6-5-10-19-8-3-2-4-9-19/h2-4,7-9,11-12,16-17,20H,5-6,10,13-15H2,1H3,(H,27,32). The molecule has 0 unspecified atom stereocenters. The molecule has 7 nitrogen and oxygen atoms in total. The second-order valence-corrected chi connectivity index (χ2v) is 8.52. The Labute approximate surface area is 192 Å². The highest BCUT2D eigenvalue weighted by Crippen LogP contribution is 2.42. The summed E-state index contributed by atoms with van der Waals surface area (Å²) in [6, 6.07) is 20.0. The Morgan fingerprint density at radius 1 is 1.06 bits per heavy atom. The smallest absolute Gasteiger partial charge is 0.268 e. The number of hydrogen-bond acceptors (Lipinski definition) is 5. The van der Waals surface area contributed by atoms with Crippen molar-refractivity contribution in [2.24, 2.45) is 0 Å². The first-order valence-corrected chi connectivity index (χ1v) is 11.5. The van der Waals surface area contributed by atoms with Crippen LogP contribution in [-0.4, -0.2) is 32.4 Å². The van der Waals surface area contributed by atoms with Gasteiger partial charge in [0.1, 0.15) is 5.69 Å². The van der Waals surface area contributed by atoms with Crippen LogP contribution in [0.2, 0.25) is 0 Å². The second-order valence-electron chi connectivity index (χ2n) is 8.52. The van der Waals surface area contributed by atoms with E-state index >= 15 is 0 Å². The molecule has 5 rings (SSSR count). The normalized spacial score (nSPS) is 13.2. The van der Waals surface area contributed by atoms with Gasteiger partial charge in [-0.1, -0.05) is 36.4 Å². The Hall–Kier alpha value is -3.74. The van der Waals surface area contributed by atoms with E-state index < -0.39 is 0 Å². The lowest BCUT2D eigenvalue weighted by molar-refractivity contribution is 0.0953. The molecule has 2 heterocycles. The molecule has 2 aromatic carbocycles. The predicted octanol–water partition coefficient (Wildman–Crippen LogP) is 4.86. The van der Waals surface area contributed by atoms with Gasteiger partial charge in [-0.3, -0.25) is 4.79 Å². The molecule has 168 valence electrons. The first-order valence-electron chi connectivity index (χ1n) is 11.5. The second kappa shape index (κ2) is 9.40. The third-order valence-corrected chi connectivity index (χ3v) is 5.85. The number of unbranched alkanes of at least 4 members (excludes halogenated alkanes) is 1. The Morgan fingerprint density at radius 3 is 2.67 bits per heavy atom. The summed E-state index contributed by atoms with van der Waals surface area (Å²) in [5, 5.41) is 15.8. The van der Waals surface area contributed by atoms with E-state index in [1.165, 1.54) is 5.56 Å². The predicted molar refractivity (Wildman–Crippen MR) is 125 cm³/mol. The van der Waals surface area contributed by atoms with E-state index in [1.807, 2.05) is 41.1 Å². The molecule has 4 aromatic rings. The maximum Gasteiger partial charge on any atom is 0.268 e. The van der Waals surface area contributed by atoms with Crippen molar-refractivity contribution in [3.8, 4) is 17.3 Å². The van der Waals surface area contributed by atoms with Crippen LogP contribution in [0.15, 0.2) is 65.1 Å². The van der Waals surface area contributed by atoms with Crippen LogP contribution in [0, 0.1) is 6.92 Å². The van der Waals surface area contributed by atoms with Crippen molar-refractivity contribution < 1.29 is 9.21 Å². The van der Waals surface area contributed by atoms with E-state index in [0.29, 0.717) is 35.5 Å². The number of nitrogens with one attached hydrogen (secondary N) is 1. The van der Waals surface area contributed by atoms with Gasteiger partial charge in [0.25, 0.3) is 11.8 Å². The van der Waals surface area contributed by atoms with Gasteiger partial charge in [-0.15, -0.1) is 10.2 Å². The number of aryl methyl sites for hydroxylation is 2. The fourth-order valence-electron chi connectivity index (χ4n) is 3.96. The summed E-state index contributed by atoms with van der Waals surface area (Å²) >= 11 is 0. The summed E-state index contributed by atoms with van der Waals surface area (Å²) in [5.41, 5.74) is 4.58. The molecule has 0 aliphatic heterocycles. The van der Waals surface area contributed by atoms with Crippen LogP contribution in [0.4, 0.5) is 0 Å². The average molecular weight is 442 g/mol. The number of benzene rings is 2. The van der Waals surface area contributed by atoms with Crippen LogP contribution in [0.3, 0.4) is 0 Å². The van der Waals surface area contributed by atoms with Crippen LogP contribution >= 0.6 is 0 Å². The summed E-state index contributed by atoms with van der Waals surface area (Å²) in [6.07, 6.45) is 5.28. The largest absolute Gasteiger partial charge is 0.420 e. The Balaban J connectivity index is 1.25. The molecular weight excluding hydrogens is 414 g/mol. The molecule has 0 atom stereocenters. The first kappa shape index (κ1) is 21.1. The molecule has 0 bridgehead atoms. The van der Waals surface area contributed by atoms with Gasteiger partial charge >= 0.3 is 0 Å². The lowest BCUT2D eigenvalue weighted by Gasteiger charge is -2.09.